The third-order valence-corrected chi connectivity index (χ3v) is 5.73. The Balaban J connectivity index is 1.85. The number of aromatic amines is 2. The van der Waals surface area contributed by atoms with E-state index in [-0.39, 0.29) is 5.78 Å². The summed E-state index contributed by atoms with van der Waals surface area (Å²) >= 11 is 0. The fourth-order valence-corrected chi connectivity index (χ4v) is 4.54. The van der Waals surface area contributed by atoms with Gasteiger partial charge in [-0.05, 0) is 45.4 Å². The molecule has 5 rings (SSSR count). The highest BCUT2D eigenvalue weighted by molar-refractivity contribution is 6.22. The Kier molecular flexibility index (Phi) is 4.18. The zero-order valence-corrected chi connectivity index (χ0v) is 17.9. The summed E-state index contributed by atoms with van der Waals surface area (Å²) in [4.78, 5) is 28.5. The highest BCUT2D eigenvalue weighted by Gasteiger charge is 2.20. The van der Waals surface area contributed by atoms with Crippen LogP contribution in [0.15, 0.2) is 48.2 Å². The van der Waals surface area contributed by atoms with Crippen molar-refractivity contribution in [1.82, 2.24) is 19.9 Å². The number of H-pyrrole nitrogens is 2. The Morgan fingerprint density at radius 2 is 1.71 bits per heavy atom. The number of rotatable bonds is 3. The summed E-state index contributed by atoms with van der Waals surface area (Å²) in [7, 11) is 0. The molecule has 0 unspecified atom stereocenters. The van der Waals surface area contributed by atoms with Crippen molar-refractivity contribution in [1.29, 1.82) is 0 Å². The number of aromatic nitrogens is 4. The molecular weight excluding hydrogens is 386 g/mol. The van der Waals surface area contributed by atoms with Crippen molar-refractivity contribution in [2.24, 2.45) is 5.73 Å². The lowest BCUT2D eigenvalue weighted by Gasteiger charge is -2.07. The van der Waals surface area contributed by atoms with Crippen molar-refractivity contribution in [3.05, 3.63) is 65.2 Å². The molecule has 0 aliphatic heterocycles. The van der Waals surface area contributed by atoms with Crippen molar-refractivity contribution in [3.8, 4) is 11.3 Å². The highest BCUT2D eigenvalue weighted by atomic mass is 16.1. The molecule has 3 aromatic heterocycles. The van der Waals surface area contributed by atoms with E-state index in [1.54, 1.807) is 6.92 Å². The first-order valence-corrected chi connectivity index (χ1v) is 10.2. The largest absolute Gasteiger partial charge is 0.402 e. The molecule has 6 nitrogen and oxygen atoms in total. The Morgan fingerprint density at radius 3 is 2.45 bits per heavy atom. The SMILES string of the molecule is CC(=O)C(=C(C)N)c1ccc2c(c1)[nH]c1nc(C)nc(-c3c(C)[nH]c4ccccc34)c12. The number of hydrogen-bond acceptors (Lipinski definition) is 4. The van der Waals surface area contributed by atoms with Crippen molar-refractivity contribution in [2.75, 3.05) is 0 Å². The zero-order valence-electron chi connectivity index (χ0n) is 17.9. The number of fused-ring (bicyclic) bond motifs is 4. The number of Topliss-reactive ketones (excluding diaryl/α,β-unsaturated/α-hetero) is 1. The summed E-state index contributed by atoms with van der Waals surface area (Å²) in [5, 5.41) is 3.11. The van der Waals surface area contributed by atoms with E-state index in [1.807, 2.05) is 37.3 Å². The second-order valence-electron chi connectivity index (χ2n) is 8.01. The minimum Gasteiger partial charge on any atom is -0.402 e. The van der Waals surface area contributed by atoms with Crippen LogP contribution in [0.3, 0.4) is 0 Å². The molecule has 31 heavy (non-hydrogen) atoms. The zero-order chi connectivity index (χ0) is 21.9. The molecule has 0 fully saturated rings. The quantitative estimate of drug-likeness (QED) is 0.359. The second-order valence-corrected chi connectivity index (χ2v) is 8.01. The van der Waals surface area contributed by atoms with Crippen LogP contribution in [0.1, 0.15) is 30.9 Å². The van der Waals surface area contributed by atoms with Gasteiger partial charge in [0.05, 0.1) is 11.1 Å². The molecule has 0 aliphatic rings. The van der Waals surface area contributed by atoms with Crippen LogP contribution in [0.5, 0.6) is 0 Å². The van der Waals surface area contributed by atoms with Crippen molar-refractivity contribution in [2.45, 2.75) is 27.7 Å². The van der Waals surface area contributed by atoms with Gasteiger partial charge < -0.3 is 15.7 Å². The van der Waals surface area contributed by atoms with E-state index in [1.165, 1.54) is 6.92 Å². The molecule has 0 saturated carbocycles. The monoisotopic (exact) mass is 409 g/mol. The van der Waals surface area contributed by atoms with Gasteiger partial charge in [0, 0.05) is 44.3 Å². The molecule has 6 heteroatoms. The average Bonchev–Trinajstić information content (AvgIpc) is 3.22. The van der Waals surface area contributed by atoms with Gasteiger partial charge in [0.1, 0.15) is 11.5 Å². The lowest BCUT2D eigenvalue weighted by Crippen LogP contribution is -2.05. The number of nitrogens with two attached hydrogens (primary N) is 1. The lowest BCUT2D eigenvalue weighted by atomic mass is 9.98. The first kappa shape index (κ1) is 19.1. The van der Waals surface area contributed by atoms with Gasteiger partial charge in [-0.2, -0.15) is 0 Å². The van der Waals surface area contributed by atoms with Crippen LogP contribution in [-0.4, -0.2) is 25.7 Å². The van der Waals surface area contributed by atoms with Crippen LogP contribution in [0.25, 0.3) is 49.7 Å². The van der Waals surface area contributed by atoms with Crippen LogP contribution in [0.4, 0.5) is 0 Å². The fourth-order valence-electron chi connectivity index (χ4n) is 4.54. The molecule has 4 N–H and O–H groups in total. The van der Waals surface area contributed by atoms with Gasteiger partial charge >= 0.3 is 0 Å². The Hall–Kier alpha value is -3.93. The predicted octanol–water partition coefficient (Wildman–Crippen LogP) is 5.15. The van der Waals surface area contributed by atoms with E-state index in [0.717, 1.165) is 55.4 Å². The van der Waals surface area contributed by atoms with Crippen LogP contribution in [0.2, 0.25) is 0 Å². The van der Waals surface area contributed by atoms with E-state index in [0.29, 0.717) is 17.1 Å². The maximum absolute atomic E-state index is 12.1. The summed E-state index contributed by atoms with van der Waals surface area (Å²) in [6.07, 6.45) is 0. The minimum atomic E-state index is -0.0544. The summed E-state index contributed by atoms with van der Waals surface area (Å²) in [6.45, 7) is 7.25. The Labute approximate surface area is 179 Å². The summed E-state index contributed by atoms with van der Waals surface area (Å²) in [5.74, 6) is 0.641. The molecule has 0 bridgehead atoms. The molecule has 0 amide bonds. The van der Waals surface area contributed by atoms with Gasteiger partial charge in [-0.15, -0.1) is 0 Å². The van der Waals surface area contributed by atoms with Crippen molar-refractivity contribution in [3.63, 3.8) is 0 Å². The van der Waals surface area contributed by atoms with E-state index in [9.17, 15) is 4.79 Å². The fraction of sp³-hybridized carbons (Fsp3) is 0.160. The van der Waals surface area contributed by atoms with Crippen LogP contribution in [0, 0.1) is 13.8 Å². The number of ketones is 1. The van der Waals surface area contributed by atoms with Crippen molar-refractivity contribution >= 4 is 44.2 Å². The molecule has 3 heterocycles. The molecule has 0 saturated heterocycles. The van der Waals surface area contributed by atoms with Gasteiger partial charge in [0.25, 0.3) is 0 Å². The van der Waals surface area contributed by atoms with Crippen molar-refractivity contribution < 1.29 is 4.79 Å². The van der Waals surface area contributed by atoms with Crippen LogP contribution >= 0.6 is 0 Å². The topological polar surface area (TPSA) is 100 Å². The Morgan fingerprint density at radius 1 is 0.935 bits per heavy atom. The summed E-state index contributed by atoms with van der Waals surface area (Å²) in [5.41, 5.74) is 13.6. The van der Waals surface area contributed by atoms with Crippen LogP contribution in [-0.2, 0) is 4.79 Å². The first-order chi connectivity index (χ1) is 14.8. The van der Waals surface area contributed by atoms with Crippen LogP contribution < -0.4 is 5.73 Å². The average molecular weight is 409 g/mol. The molecule has 0 radical (unpaired) electrons. The van der Waals surface area contributed by atoms with Gasteiger partial charge in [-0.1, -0.05) is 30.3 Å². The molecule has 2 aromatic carbocycles. The lowest BCUT2D eigenvalue weighted by molar-refractivity contribution is -0.111. The Bertz CT molecular complexity index is 1550. The van der Waals surface area contributed by atoms with Gasteiger partial charge in [-0.25, -0.2) is 9.97 Å². The molecule has 154 valence electrons. The van der Waals surface area contributed by atoms with Gasteiger partial charge in [-0.3, -0.25) is 4.79 Å². The van der Waals surface area contributed by atoms with Gasteiger partial charge in [0.15, 0.2) is 5.78 Å². The standard InChI is InChI=1S/C25H23N5O/c1-12(26)21(14(3)31)16-9-10-18-20(11-16)30-25-23(18)24(28-15(4)29-25)22-13(2)27-19-8-6-5-7-17(19)22/h5-11,27H,26H2,1-4H3,(H,28,29,30). The van der Waals surface area contributed by atoms with E-state index in [4.69, 9.17) is 10.7 Å². The smallest absolute Gasteiger partial charge is 0.162 e. The molecule has 0 atom stereocenters. The second kappa shape index (κ2) is 6.80. The van der Waals surface area contributed by atoms with E-state index in [2.05, 4.69) is 34.0 Å². The number of nitrogens with zero attached hydrogens (tertiary/aromatic N) is 2. The number of carbonyl (C=O) groups is 1. The number of allylic oxidation sites excluding steroid dienone is 2. The highest BCUT2D eigenvalue weighted by Crippen LogP contribution is 2.38. The number of nitrogens with one attached hydrogen (secondary N) is 2. The van der Waals surface area contributed by atoms with E-state index < -0.39 is 0 Å². The maximum Gasteiger partial charge on any atom is 0.162 e. The third kappa shape index (κ3) is 2.91. The number of aryl methyl sites for hydroxylation is 2. The normalized spacial score (nSPS) is 12.6. The maximum atomic E-state index is 12.1. The summed E-state index contributed by atoms with van der Waals surface area (Å²) < 4.78 is 0. The molecule has 0 spiro atoms. The predicted molar refractivity (Wildman–Crippen MR) is 126 cm³/mol. The van der Waals surface area contributed by atoms with Gasteiger partial charge in [0.2, 0.25) is 0 Å². The number of benzene rings is 2. The minimum absolute atomic E-state index is 0.0544. The molecular formula is C25H23N5O. The number of carbonyl (C=O) groups excluding carboxylic acids is 1. The first-order valence-electron chi connectivity index (χ1n) is 10.2. The van der Waals surface area contributed by atoms with E-state index >= 15 is 0 Å². The number of hydrogen-bond donors (Lipinski definition) is 3. The molecule has 5 aromatic rings. The molecule has 0 aliphatic carbocycles. The third-order valence-electron chi connectivity index (χ3n) is 5.73. The summed E-state index contributed by atoms with van der Waals surface area (Å²) in [6, 6.07) is 14.2. The number of para-hydroxylation sites is 1.